The van der Waals surface area contributed by atoms with Gasteiger partial charge in [0.15, 0.2) is 11.5 Å². The summed E-state index contributed by atoms with van der Waals surface area (Å²) in [4.78, 5) is 41.9. The zero-order chi connectivity index (χ0) is 24.0. The van der Waals surface area contributed by atoms with Crippen molar-refractivity contribution >= 4 is 23.1 Å². The van der Waals surface area contributed by atoms with Gasteiger partial charge in [-0.1, -0.05) is 27.2 Å². The summed E-state index contributed by atoms with van der Waals surface area (Å²) in [7, 11) is 0. The van der Waals surface area contributed by atoms with Gasteiger partial charge in [-0.3, -0.25) is 19.1 Å². The lowest BCUT2D eigenvalue weighted by Crippen LogP contribution is -2.42. The number of ether oxygens (including phenoxy) is 2. The molecule has 10 heteroatoms. The van der Waals surface area contributed by atoms with Crippen LogP contribution in [0.2, 0.25) is 0 Å². The quantitative estimate of drug-likeness (QED) is 0.524. The highest BCUT2D eigenvalue weighted by Crippen LogP contribution is 2.32. The van der Waals surface area contributed by atoms with Gasteiger partial charge in [-0.25, -0.2) is 4.79 Å². The molecule has 1 amide bonds. The van der Waals surface area contributed by atoms with E-state index in [1.165, 1.54) is 4.57 Å². The molecule has 180 valence electrons. The predicted molar refractivity (Wildman–Crippen MR) is 128 cm³/mol. The predicted octanol–water partition coefficient (Wildman–Crippen LogP) is 2.18. The summed E-state index contributed by atoms with van der Waals surface area (Å²) in [5.41, 5.74) is 5.81. The highest BCUT2D eigenvalue weighted by molar-refractivity contribution is 5.94. The van der Waals surface area contributed by atoms with Crippen LogP contribution in [-0.4, -0.2) is 41.8 Å². The summed E-state index contributed by atoms with van der Waals surface area (Å²) < 4.78 is 12.7. The Morgan fingerprint density at radius 2 is 1.97 bits per heavy atom. The average Bonchev–Trinajstić information content (AvgIpc) is 2.99. The Hall–Kier alpha value is -3.43. The van der Waals surface area contributed by atoms with Crippen molar-refractivity contribution in [1.82, 2.24) is 9.55 Å². The maximum absolute atomic E-state index is 12.9. The van der Waals surface area contributed by atoms with E-state index >= 15 is 0 Å². The number of hydrogen-bond donors (Lipinski definition) is 3. The zero-order valence-electron chi connectivity index (χ0n) is 19.5. The van der Waals surface area contributed by atoms with Crippen molar-refractivity contribution in [3.05, 3.63) is 39.0 Å². The van der Waals surface area contributed by atoms with Gasteiger partial charge in [-0.15, -0.1) is 0 Å². The molecule has 33 heavy (non-hydrogen) atoms. The number of hydrogen-bond acceptors (Lipinski definition) is 7. The molecular formula is C23H33N5O5. The number of aromatic nitrogens is 2. The molecule has 0 saturated carbocycles. The number of benzene rings is 1. The average molecular weight is 460 g/mol. The van der Waals surface area contributed by atoms with Crippen molar-refractivity contribution in [3.8, 4) is 11.5 Å². The van der Waals surface area contributed by atoms with E-state index in [2.05, 4.69) is 10.3 Å². The highest BCUT2D eigenvalue weighted by atomic mass is 16.5. The van der Waals surface area contributed by atoms with Crippen LogP contribution in [0.15, 0.2) is 27.8 Å². The van der Waals surface area contributed by atoms with Crippen molar-refractivity contribution in [2.24, 2.45) is 5.92 Å². The third-order valence-corrected chi connectivity index (χ3v) is 5.23. The van der Waals surface area contributed by atoms with Gasteiger partial charge in [0, 0.05) is 31.3 Å². The lowest BCUT2D eigenvalue weighted by atomic mass is 10.2. The number of aromatic amines is 1. The molecule has 1 aromatic heterocycles. The lowest BCUT2D eigenvalue weighted by molar-refractivity contribution is -0.115. The van der Waals surface area contributed by atoms with Gasteiger partial charge in [0.25, 0.3) is 5.56 Å². The van der Waals surface area contributed by atoms with Crippen molar-refractivity contribution < 1.29 is 14.3 Å². The first-order valence-electron chi connectivity index (χ1n) is 11.4. The van der Waals surface area contributed by atoms with Crippen LogP contribution in [0.3, 0.4) is 0 Å². The molecule has 0 unspecified atom stereocenters. The number of amides is 1. The minimum absolute atomic E-state index is 0.0666. The van der Waals surface area contributed by atoms with E-state index in [0.717, 1.165) is 19.3 Å². The molecule has 0 spiro atoms. The molecule has 0 saturated heterocycles. The van der Waals surface area contributed by atoms with Gasteiger partial charge in [0.2, 0.25) is 5.91 Å². The van der Waals surface area contributed by atoms with Crippen molar-refractivity contribution in [2.75, 3.05) is 42.3 Å². The number of carbonyl (C=O) groups excluding carboxylic acids is 1. The van der Waals surface area contributed by atoms with E-state index in [9.17, 15) is 14.4 Å². The fourth-order valence-corrected chi connectivity index (χ4v) is 3.66. The number of nitrogen functional groups attached to an aromatic ring is 1. The topological polar surface area (TPSA) is 132 Å². The molecule has 0 atom stereocenters. The maximum atomic E-state index is 12.9. The highest BCUT2D eigenvalue weighted by Gasteiger charge is 2.21. The van der Waals surface area contributed by atoms with Gasteiger partial charge < -0.3 is 25.4 Å². The minimum Gasteiger partial charge on any atom is -0.490 e. The Morgan fingerprint density at radius 3 is 2.67 bits per heavy atom. The number of fused-ring (bicyclic) bond motifs is 1. The molecule has 1 aromatic carbocycles. The SMILES string of the molecule is CCCCN(CC(=O)Nc1ccc2c(c1)OCCCO2)c1c(N)n(CC(C)C)c(=O)[nH]c1=O. The van der Waals surface area contributed by atoms with E-state index in [-0.39, 0.29) is 29.9 Å². The lowest BCUT2D eigenvalue weighted by Gasteiger charge is -2.26. The molecule has 4 N–H and O–H groups in total. The van der Waals surface area contributed by atoms with E-state index < -0.39 is 11.2 Å². The van der Waals surface area contributed by atoms with Gasteiger partial charge in [-0.05, 0) is 24.5 Å². The third kappa shape index (κ3) is 6.09. The monoisotopic (exact) mass is 459 g/mol. The molecule has 1 aliphatic heterocycles. The van der Waals surface area contributed by atoms with Crippen LogP contribution in [0.5, 0.6) is 11.5 Å². The molecule has 0 radical (unpaired) electrons. The fraction of sp³-hybridized carbons (Fsp3) is 0.522. The zero-order valence-corrected chi connectivity index (χ0v) is 19.5. The van der Waals surface area contributed by atoms with Crippen LogP contribution >= 0.6 is 0 Å². The number of unbranched alkanes of at least 4 members (excludes halogenated alkanes) is 1. The van der Waals surface area contributed by atoms with E-state index in [0.29, 0.717) is 43.5 Å². The number of carbonyl (C=O) groups is 1. The number of nitrogens with two attached hydrogens (primary N) is 1. The first kappa shape index (κ1) is 24.2. The summed E-state index contributed by atoms with van der Waals surface area (Å²) >= 11 is 0. The standard InChI is InChI=1S/C23H33N5O5/c1-4-5-9-27(20-21(24)28(13-15(2)3)23(31)26-22(20)30)14-19(29)25-16-7-8-17-18(12-16)33-11-6-10-32-17/h7-8,12,15H,4-6,9-11,13-14,24H2,1-3H3,(H,25,29)(H,26,30,31). The number of anilines is 3. The summed E-state index contributed by atoms with van der Waals surface area (Å²) in [5.74, 6) is 1.12. The Labute approximate surface area is 192 Å². The van der Waals surface area contributed by atoms with Gasteiger partial charge in [0.05, 0.1) is 19.8 Å². The Kier molecular flexibility index (Phi) is 8.02. The molecular weight excluding hydrogens is 426 g/mol. The first-order valence-corrected chi connectivity index (χ1v) is 11.4. The van der Waals surface area contributed by atoms with Crippen molar-refractivity contribution in [1.29, 1.82) is 0 Å². The Balaban J connectivity index is 1.84. The second-order valence-electron chi connectivity index (χ2n) is 8.53. The molecule has 2 heterocycles. The van der Waals surface area contributed by atoms with Gasteiger partial charge in [0.1, 0.15) is 11.5 Å². The van der Waals surface area contributed by atoms with Gasteiger partial charge in [-0.2, -0.15) is 0 Å². The second-order valence-corrected chi connectivity index (χ2v) is 8.53. The van der Waals surface area contributed by atoms with Crippen LogP contribution in [0.25, 0.3) is 0 Å². The summed E-state index contributed by atoms with van der Waals surface area (Å²) in [6.07, 6.45) is 2.40. The molecule has 2 aromatic rings. The van der Waals surface area contributed by atoms with Crippen LogP contribution in [0.1, 0.15) is 40.0 Å². The van der Waals surface area contributed by atoms with Gasteiger partial charge >= 0.3 is 5.69 Å². The number of rotatable bonds is 9. The molecule has 0 fully saturated rings. The molecule has 0 bridgehead atoms. The molecule has 10 nitrogen and oxygen atoms in total. The summed E-state index contributed by atoms with van der Waals surface area (Å²) in [6, 6.07) is 5.22. The smallest absolute Gasteiger partial charge is 0.330 e. The number of nitrogens with one attached hydrogen (secondary N) is 2. The van der Waals surface area contributed by atoms with E-state index in [1.807, 2.05) is 20.8 Å². The number of nitrogens with zero attached hydrogens (tertiary/aromatic N) is 2. The first-order chi connectivity index (χ1) is 15.8. The molecule has 1 aliphatic rings. The van der Waals surface area contributed by atoms with Crippen LogP contribution in [0, 0.1) is 5.92 Å². The van der Waals surface area contributed by atoms with Crippen molar-refractivity contribution in [2.45, 2.75) is 46.6 Å². The molecule has 0 aliphatic carbocycles. The minimum atomic E-state index is -0.600. The largest absolute Gasteiger partial charge is 0.490 e. The summed E-state index contributed by atoms with van der Waals surface area (Å²) in [6.45, 7) is 7.76. The van der Waals surface area contributed by atoms with E-state index in [4.69, 9.17) is 15.2 Å². The Morgan fingerprint density at radius 1 is 1.24 bits per heavy atom. The third-order valence-electron chi connectivity index (χ3n) is 5.23. The fourth-order valence-electron chi connectivity index (χ4n) is 3.66. The molecule has 3 rings (SSSR count). The Bertz CT molecular complexity index is 1090. The maximum Gasteiger partial charge on any atom is 0.330 e. The van der Waals surface area contributed by atoms with Crippen molar-refractivity contribution in [3.63, 3.8) is 0 Å². The number of H-pyrrole nitrogens is 1. The summed E-state index contributed by atoms with van der Waals surface area (Å²) in [5, 5.41) is 2.85. The van der Waals surface area contributed by atoms with E-state index in [1.54, 1.807) is 23.1 Å². The van der Waals surface area contributed by atoms with Crippen LogP contribution in [0.4, 0.5) is 17.2 Å². The second kappa shape index (κ2) is 10.9. The normalized spacial score (nSPS) is 13.0. The van der Waals surface area contributed by atoms with Crippen LogP contribution < -0.4 is 36.7 Å². The van der Waals surface area contributed by atoms with Crippen LogP contribution in [-0.2, 0) is 11.3 Å².